The standard InChI is InChI=1S/C28H32FN5OS/c29-22-4-5-26-25(17-22)31-27(24-3-1-2-11-30-24)34(26)23-8-14-33(15-9-23)28(35)21-6-12-32(13-7-21)18-20-10-16-36-19-20/h1-5,10-11,16-17,19,21,23,27,31H,6-9,12-15,18H2. The van der Waals surface area contributed by atoms with Gasteiger partial charge in [0.25, 0.3) is 0 Å². The Labute approximate surface area is 215 Å². The molecule has 0 saturated carbocycles. The highest BCUT2D eigenvalue weighted by Gasteiger charge is 2.39. The van der Waals surface area contributed by atoms with E-state index in [9.17, 15) is 9.18 Å². The molecule has 1 aromatic carbocycles. The largest absolute Gasteiger partial charge is 0.358 e. The van der Waals surface area contributed by atoms with Crippen LogP contribution in [-0.4, -0.2) is 52.9 Å². The third-order valence-electron chi connectivity index (χ3n) is 7.87. The SMILES string of the molecule is O=C(C1CCN(Cc2ccsc2)CC1)N1CCC(N2c3ccc(F)cc3NC2c2ccccn2)CC1. The van der Waals surface area contributed by atoms with Crippen LogP contribution in [0.3, 0.4) is 0 Å². The van der Waals surface area contributed by atoms with Crippen molar-refractivity contribution in [3.63, 3.8) is 0 Å². The van der Waals surface area contributed by atoms with Gasteiger partial charge < -0.3 is 15.1 Å². The van der Waals surface area contributed by atoms with E-state index < -0.39 is 0 Å². The third kappa shape index (κ3) is 4.72. The number of nitrogens with zero attached hydrogens (tertiary/aromatic N) is 4. The molecule has 2 saturated heterocycles. The summed E-state index contributed by atoms with van der Waals surface area (Å²) in [4.78, 5) is 24.8. The zero-order valence-electron chi connectivity index (χ0n) is 20.4. The number of carbonyl (C=O) groups excluding carboxylic acids is 1. The third-order valence-corrected chi connectivity index (χ3v) is 8.60. The number of piperidine rings is 2. The molecule has 1 atom stereocenters. The van der Waals surface area contributed by atoms with Crippen molar-refractivity contribution in [1.29, 1.82) is 0 Å². The van der Waals surface area contributed by atoms with Gasteiger partial charge >= 0.3 is 0 Å². The van der Waals surface area contributed by atoms with Crippen molar-refractivity contribution >= 4 is 28.6 Å². The molecule has 0 aliphatic carbocycles. The molecular weight excluding hydrogens is 473 g/mol. The van der Waals surface area contributed by atoms with Gasteiger partial charge in [-0.3, -0.25) is 14.7 Å². The molecule has 8 heteroatoms. The lowest BCUT2D eigenvalue weighted by Crippen LogP contribution is -2.50. The second-order valence-electron chi connectivity index (χ2n) is 10.1. The maximum absolute atomic E-state index is 14.0. The van der Waals surface area contributed by atoms with Gasteiger partial charge in [-0.05, 0) is 91.5 Å². The first kappa shape index (κ1) is 23.4. The quantitative estimate of drug-likeness (QED) is 0.522. The van der Waals surface area contributed by atoms with Crippen LogP contribution < -0.4 is 10.2 Å². The second kappa shape index (κ2) is 10.2. The van der Waals surface area contributed by atoms with Gasteiger partial charge in [-0.1, -0.05) is 6.07 Å². The Balaban J connectivity index is 1.09. The van der Waals surface area contributed by atoms with Crippen molar-refractivity contribution in [2.75, 3.05) is 36.4 Å². The number of pyridine rings is 1. The number of likely N-dealkylation sites (tertiary alicyclic amines) is 2. The zero-order chi connectivity index (χ0) is 24.5. The van der Waals surface area contributed by atoms with Crippen LogP contribution in [0.4, 0.5) is 15.8 Å². The number of anilines is 2. The molecule has 3 aliphatic heterocycles. The molecule has 1 amide bonds. The van der Waals surface area contributed by atoms with Gasteiger partial charge in [0.15, 0.2) is 0 Å². The lowest BCUT2D eigenvalue weighted by atomic mass is 9.93. The van der Waals surface area contributed by atoms with Crippen LogP contribution in [0.25, 0.3) is 0 Å². The number of fused-ring (bicyclic) bond motifs is 1. The molecule has 188 valence electrons. The topological polar surface area (TPSA) is 51.7 Å². The molecule has 6 nitrogen and oxygen atoms in total. The highest BCUT2D eigenvalue weighted by Crippen LogP contribution is 2.44. The average Bonchev–Trinajstić information content (AvgIpc) is 3.57. The summed E-state index contributed by atoms with van der Waals surface area (Å²) >= 11 is 1.74. The fourth-order valence-corrected chi connectivity index (χ4v) is 6.63. The molecule has 1 N–H and O–H groups in total. The Morgan fingerprint density at radius 3 is 2.61 bits per heavy atom. The maximum atomic E-state index is 14.0. The number of amides is 1. The van der Waals surface area contributed by atoms with Gasteiger partial charge in [0.05, 0.1) is 17.1 Å². The van der Waals surface area contributed by atoms with Crippen LogP contribution in [0, 0.1) is 11.7 Å². The van der Waals surface area contributed by atoms with Crippen molar-refractivity contribution in [2.24, 2.45) is 5.92 Å². The van der Waals surface area contributed by atoms with Gasteiger partial charge in [0.2, 0.25) is 5.91 Å². The van der Waals surface area contributed by atoms with Gasteiger partial charge in [-0.2, -0.15) is 11.3 Å². The number of nitrogens with one attached hydrogen (secondary N) is 1. The summed E-state index contributed by atoms with van der Waals surface area (Å²) in [5.74, 6) is 0.218. The minimum atomic E-state index is -0.246. The molecule has 1 unspecified atom stereocenters. The molecule has 6 rings (SSSR count). The molecule has 0 spiro atoms. The van der Waals surface area contributed by atoms with E-state index in [1.165, 1.54) is 11.6 Å². The monoisotopic (exact) mass is 505 g/mol. The molecule has 36 heavy (non-hydrogen) atoms. The Bertz CT molecular complexity index is 1170. The van der Waals surface area contributed by atoms with Gasteiger partial charge in [-0.25, -0.2) is 4.39 Å². The molecule has 2 aromatic heterocycles. The smallest absolute Gasteiger partial charge is 0.225 e. The van der Waals surface area contributed by atoms with E-state index in [4.69, 9.17) is 0 Å². The predicted octanol–water partition coefficient (Wildman–Crippen LogP) is 5.12. The summed E-state index contributed by atoms with van der Waals surface area (Å²) in [5.41, 5.74) is 4.10. The number of aromatic nitrogens is 1. The number of hydrogen-bond acceptors (Lipinski definition) is 6. The maximum Gasteiger partial charge on any atom is 0.225 e. The zero-order valence-corrected chi connectivity index (χ0v) is 21.2. The van der Waals surface area contributed by atoms with Crippen molar-refractivity contribution in [2.45, 2.75) is 44.4 Å². The van der Waals surface area contributed by atoms with Crippen LogP contribution in [0.1, 0.15) is 43.1 Å². The summed E-state index contributed by atoms with van der Waals surface area (Å²) in [6.45, 7) is 4.49. The molecule has 2 fully saturated rings. The average molecular weight is 506 g/mol. The lowest BCUT2D eigenvalue weighted by molar-refractivity contribution is -0.138. The van der Waals surface area contributed by atoms with E-state index in [2.05, 4.69) is 41.8 Å². The number of carbonyl (C=O) groups is 1. The summed E-state index contributed by atoms with van der Waals surface area (Å²) < 4.78 is 14.0. The van der Waals surface area contributed by atoms with Gasteiger partial charge in [0.1, 0.15) is 12.0 Å². The van der Waals surface area contributed by atoms with Crippen LogP contribution in [0.5, 0.6) is 0 Å². The fraction of sp³-hybridized carbons (Fsp3) is 0.429. The summed E-state index contributed by atoms with van der Waals surface area (Å²) in [6, 6.07) is 13.3. The molecule has 3 aromatic rings. The van der Waals surface area contributed by atoms with E-state index in [-0.39, 0.29) is 23.9 Å². The van der Waals surface area contributed by atoms with Crippen molar-refractivity contribution in [3.05, 3.63) is 76.5 Å². The molecule has 0 bridgehead atoms. The molecule has 0 radical (unpaired) electrons. The number of hydrogen-bond donors (Lipinski definition) is 1. The number of thiophene rings is 1. The van der Waals surface area contributed by atoms with E-state index in [0.29, 0.717) is 5.91 Å². The summed E-state index contributed by atoms with van der Waals surface area (Å²) in [6.07, 6.45) is 5.34. The summed E-state index contributed by atoms with van der Waals surface area (Å²) in [7, 11) is 0. The second-order valence-corrected chi connectivity index (χ2v) is 10.9. The van der Waals surface area contributed by atoms with Crippen molar-refractivity contribution < 1.29 is 9.18 Å². The Morgan fingerprint density at radius 2 is 1.89 bits per heavy atom. The highest BCUT2D eigenvalue weighted by atomic mass is 32.1. The van der Waals surface area contributed by atoms with Crippen LogP contribution in [-0.2, 0) is 11.3 Å². The fourth-order valence-electron chi connectivity index (χ4n) is 5.97. The number of benzene rings is 1. The first-order valence-corrected chi connectivity index (χ1v) is 13.9. The van der Waals surface area contributed by atoms with E-state index in [1.807, 2.05) is 24.3 Å². The van der Waals surface area contributed by atoms with E-state index in [1.54, 1.807) is 23.6 Å². The minimum Gasteiger partial charge on any atom is -0.358 e. The first-order valence-electron chi connectivity index (χ1n) is 12.9. The predicted molar refractivity (Wildman–Crippen MR) is 141 cm³/mol. The normalized spacial score (nSPS) is 21.4. The van der Waals surface area contributed by atoms with Crippen LogP contribution in [0.15, 0.2) is 59.4 Å². The Morgan fingerprint density at radius 1 is 1.06 bits per heavy atom. The minimum absolute atomic E-state index is 0.136. The Kier molecular flexibility index (Phi) is 6.63. The van der Waals surface area contributed by atoms with Crippen molar-refractivity contribution in [1.82, 2.24) is 14.8 Å². The van der Waals surface area contributed by atoms with Crippen molar-refractivity contribution in [3.8, 4) is 0 Å². The van der Waals surface area contributed by atoms with Crippen LogP contribution in [0.2, 0.25) is 0 Å². The van der Waals surface area contributed by atoms with Crippen LogP contribution >= 0.6 is 11.3 Å². The molecular formula is C28H32FN5OS. The van der Waals surface area contributed by atoms with E-state index >= 15 is 0 Å². The molecule has 3 aliphatic rings. The van der Waals surface area contributed by atoms with Gasteiger partial charge in [0, 0.05) is 37.8 Å². The highest BCUT2D eigenvalue weighted by molar-refractivity contribution is 7.07. The van der Waals surface area contributed by atoms with E-state index in [0.717, 1.165) is 75.5 Å². The Hall–Kier alpha value is -2.97. The molecule has 5 heterocycles. The van der Waals surface area contributed by atoms with Gasteiger partial charge in [-0.15, -0.1) is 0 Å². The lowest BCUT2D eigenvalue weighted by Gasteiger charge is -2.41. The number of halogens is 1. The number of rotatable bonds is 5. The summed E-state index contributed by atoms with van der Waals surface area (Å²) in [5, 5.41) is 7.82. The first-order chi connectivity index (χ1) is 17.7.